The van der Waals surface area contributed by atoms with Gasteiger partial charge in [0, 0.05) is 0 Å². The molecule has 0 aliphatic heterocycles. The molecule has 0 spiro atoms. The number of hydrogen-bond acceptors (Lipinski definition) is 4. The summed E-state index contributed by atoms with van der Waals surface area (Å²) in [7, 11) is 0. The van der Waals surface area contributed by atoms with Crippen LogP contribution in [0.15, 0.2) is 25.3 Å². The van der Waals surface area contributed by atoms with E-state index in [1.165, 1.54) is 32.1 Å². The Morgan fingerprint density at radius 2 is 0.947 bits per heavy atom. The fraction of sp³-hybridized carbons (Fsp3) is 0.538. The molecule has 6 nitrogen and oxygen atoms in total. The van der Waals surface area contributed by atoms with Crippen LogP contribution in [-0.2, 0) is 9.59 Å². The fourth-order valence-electron chi connectivity index (χ4n) is 0.819. The van der Waals surface area contributed by atoms with Gasteiger partial charge in [-0.05, 0) is 38.1 Å². The Hall–Kier alpha value is -1.66. The van der Waals surface area contributed by atoms with Crippen molar-refractivity contribution in [3.8, 4) is 0 Å². The molecule has 0 saturated carbocycles. The maximum absolute atomic E-state index is 9.47. The van der Waals surface area contributed by atoms with Crippen LogP contribution >= 0.6 is 0 Å². The van der Waals surface area contributed by atoms with Gasteiger partial charge in [-0.2, -0.15) is 0 Å². The van der Waals surface area contributed by atoms with Crippen LogP contribution in [0.5, 0.6) is 0 Å². The lowest BCUT2D eigenvalue weighted by Crippen LogP contribution is -2.04. The number of unbranched alkanes of at least 4 members (excludes halogenated alkanes) is 4. The van der Waals surface area contributed by atoms with E-state index in [4.69, 9.17) is 11.5 Å². The summed E-state index contributed by atoms with van der Waals surface area (Å²) in [6, 6.07) is 0. The van der Waals surface area contributed by atoms with Gasteiger partial charge in [-0.25, -0.2) is 0 Å². The highest BCUT2D eigenvalue weighted by Crippen LogP contribution is 1.99. The highest BCUT2D eigenvalue weighted by atomic mass is 16.1. The van der Waals surface area contributed by atoms with E-state index in [1.54, 1.807) is 0 Å². The molecule has 0 aliphatic carbocycles. The molecule has 0 rings (SSSR count). The number of amides is 2. The molecule has 0 radical (unpaired) electrons. The summed E-state index contributed by atoms with van der Waals surface area (Å²) in [5, 5.41) is 0. The Balaban J connectivity index is -0.000000219. The van der Waals surface area contributed by atoms with Crippen LogP contribution < -0.4 is 22.9 Å². The minimum absolute atomic E-state index is 0.481. The van der Waals surface area contributed by atoms with Gasteiger partial charge in [0.15, 0.2) is 0 Å². The van der Waals surface area contributed by atoms with Crippen LogP contribution in [0.2, 0.25) is 0 Å². The van der Waals surface area contributed by atoms with Crippen molar-refractivity contribution in [2.75, 3.05) is 13.1 Å². The first-order valence-corrected chi connectivity index (χ1v) is 6.20. The highest BCUT2D eigenvalue weighted by Gasteiger charge is 1.85. The van der Waals surface area contributed by atoms with Crippen molar-refractivity contribution in [1.82, 2.24) is 0 Å². The van der Waals surface area contributed by atoms with Gasteiger partial charge in [0.2, 0.25) is 11.8 Å². The molecule has 0 atom stereocenters. The quantitative estimate of drug-likeness (QED) is 0.369. The second-order valence-corrected chi connectivity index (χ2v) is 3.56. The summed E-state index contributed by atoms with van der Waals surface area (Å²) in [6.07, 6.45) is 8.30. The van der Waals surface area contributed by atoms with Crippen molar-refractivity contribution in [2.24, 2.45) is 22.9 Å². The first kappa shape index (κ1) is 22.5. The van der Waals surface area contributed by atoms with Crippen LogP contribution in [0, 0.1) is 0 Å². The third kappa shape index (κ3) is 48.3. The fourth-order valence-corrected chi connectivity index (χ4v) is 0.819. The minimum Gasteiger partial charge on any atom is -0.366 e. The van der Waals surface area contributed by atoms with Crippen molar-refractivity contribution < 1.29 is 9.59 Å². The lowest BCUT2D eigenvalue weighted by Gasteiger charge is -1.96. The van der Waals surface area contributed by atoms with Crippen molar-refractivity contribution in [1.29, 1.82) is 0 Å². The van der Waals surface area contributed by atoms with Crippen molar-refractivity contribution in [3.63, 3.8) is 0 Å². The zero-order valence-corrected chi connectivity index (χ0v) is 11.6. The zero-order chi connectivity index (χ0) is 15.5. The summed E-state index contributed by atoms with van der Waals surface area (Å²) >= 11 is 0. The Kier molecular flexibility index (Phi) is 25.6. The van der Waals surface area contributed by atoms with E-state index in [0.717, 1.165) is 25.2 Å². The van der Waals surface area contributed by atoms with Gasteiger partial charge in [-0.15, -0.1) is 0 Å². The van der Waals surface area contributed by atoms with E-state index in [0.29, 0.717) is 0 Å². The van der Waals surface area contributed by atoms with Gasteiger partial charge >= 0.3 is 0 Å². The molecule has 0 aromatic heterocycles. The van der Waals surface area contributed by atoms with Crippen molar-refractivity contribution in [2.45, 2.75) is 32.1 Å². The summed E-state index contributed by atoms with van der Waals surface area (Å²) < 4.78 is 0. The van der Waals surface area contributed by atoms with Gasteiger partial charge in [0.05, 0.1) is 0 Å². The monoisotopic (exact) mass is 272 g/mol. The topological polar surface area (TPSA) is 138 Å². The van der Waals surface area contributed by atoms with E-state index in [-0.39, 0.29) is 0 Å². The summed E-state index contributed by atoms with van der Waals surface area (Å²) in [4.78, 5) is 18.9. The van der Waals surface area contributed by atoms with Gasteiger partial charge in [-0.3, -0.25) is 9.59 Å². The molecule has 0 aromatic rings. The molecule has 2 amide bonds. The summed E-state index contributed by atoms with van der Waals surface area (Å²) in [5.74, 6) is -0.963. The average Bonchev–Trinajstić information content (AvgIpc) is 2.40. The minimum atomic E-state index is -0.481. The second kappa shape index (κ2) is 21.6. The molecule has 0 saturated heterocycles. The molecular formula is C13H28N4O2. The molecule has 0 unspecified atom stereocenters. The molecule has 0 heterocycles. The number of hydrogen-bond donors (Lipinski definition) is 4. The largest absolute Gasteiger partial charge is 0.366 e. The maximum atomic E-state index is 9.47. The van der Waals surface area contributed by atoms with Gasteiger partial charge in [-0.1, -0.05) is 32.4 Å². The van der Waals surface area contributed by atoms with E-state index in [9.17, 15) is 9.59 Å². The zero-order valence-electron chi connectivity index (χ0n) is 11.6. The van der Waals surface area contributed by atoms with Gasteiger partial charge in [0.25, 0.3) is 0 Å². The normalized spacial score (nSPS) is 8.11. The van der Waals surface area contributed by atoms with Crippen LogP contribution in [0.25, 0.3) is 0 Å². The Labute approximate surface area is 115 Å². The predicted molar refractivity (Wildman–Crippen MR) is 80.0 cm³/mol. The predicted octanol–water partition coefficient (Wildman–Crippen LogP) is 0.170. The molecule has 19 heavy (non-hydrogen) atoms. The number of nitrogens with two attached hydrogens (primary N) is 4. The Morgan fingerprint density at radius 1 is 0.737 bits per heavy atom. The van der Waals surface area contributed by atoms with E-state index >= 15 is 0 Å². The van der Waals surface area contributed by atoms with Crippen molar-refractivity contribution >= 4 is 11.8 Å². The SMILES string of the molecule is C=CC(N)=O.C=CC(N)=O.NCCCCCCCN. The number of carbonyl (C=O) groups excluding carboxylic acids is 2. The molecule has 8 N–H and O–H groups in total. The van der Waals surface area contributed by atoms with Gasteiger partial charge < -0.3 is 22.9 Å². The lowest BCUT2D eigenvalue weighted by molar-refractivity contribution is -0.114. The van der Waals surface area contributed by atoms with Crippen molar-refractivity contribution in [3.05, 3.63) is 25.3 Å². The molecular weight excluding hydrogens is 244 g/mol. The molecule has 6 heteroatoms. The highest BCUT2D eigenvalue weighted by molar-refractivity contribution is 5.85. The average molecular weight is 272 g/mol. The first-order chi connectivity index (χ1) is 8.95. The third-order valence-corrected chi connectivity index (χ3v) is 1.81. The Bertz CT molecular complexity index is 219. The molecule has 0 bridgehead atoms. The molecule has 112 valence electrons. The van der Waals surface area contributed by atoms with Gasteiger partial charge in [0.1, 0.15) is 0 Å². The van der Waals surface area contributed by atoms with E-state index < -0.39 is 11.8 Å². The number of rotatable bonds is 8. The maximum Gasteiger partial charge on any atom is 0.240 e. The van der Waals surface area contributed by atoms with Crippen LogP contribution in [-0.4, -0.2) is 24.9 Å². The van der Waals surface area contributed by atoms with Crippen LogP contribution in [0.1, 0.15) is 32.1 Å². The molecule has 0 aliphatic rings. The van der Waals surface area contributed by atoms with E-state index in [1.807, 2.05) is 0 Å². The van der Waals surface area contributed by atoms with E-state index in [2.05, 4.69) is 24.6 Å². The number of primary amides is 2. The summed E-state index contributed by atoms with van der Waals surface area (Å²) in [6.45, 7) is 7.84. The molecule has 0 aromatic carbocycles. The van der Waals surface area contributed by atoms with Crippen LogP contribution in [0.3, 0.4) is 0 Å². The summed E-state index contributed by atoms with van der Waals surface area (Å²) in [5.41, 5.74) is 19.7. The standard InChI is InChI=1S/C7H18N2.2C3H5NO/c8-6-4-2-1-3-5-7-9;2*1-2-3(4)5/h1-9H2;2*2H,1H2,(H2,4,5). The smallest absolute Gasteiger partial charge is 0.240 e. The van der Waals surface area contributed by atoms with Crippen LogP contribution in [0.4, 0.5) is 0 Å². The number of carbonyl (C=O) groups is 2. The molecule has 0 fully saturated rings. The second-order valence-electron chi connectivity index (χ2n) is 3.56. The lowest BCUT2D eigenvalue weighted by atomic mass is 10.1. The third-order valence-electron chi connectivity index (χ3n) is 1.81. The Morgan fingerprint density at radius 3 is 1.11 bits per heavy atom. The first-order valence-electron chi connectivity index (χ1n) is 6.20.